The summed E-state index contributed by atoms with van der Waals surface area (Å²) in [6, 6.07) is 4.17. The first-order valence-corrected chi connectivity index (χ1v) is 8.99. The number of piperidine rings is 1. The number of aryl methyl sites for hydroxylation is 2. The molecule has 0 unspecified atom stereocenters. The summed E-state index contributed by atoms with van der Waals surface area (Å²) < 4.78 is 8.20. The van der Waals surface area contributed by atoms with Gasteiger partial charge in [-0.15, -0.1) is 0 Å². The number of aromatic nitrogens is 2. The molecule has 2 aromatic rings. The van der Waals surface area contributed by atoms with Gasteiger partial charge in [0, 0.05) is 24.4 Å². The highest BCUT2D eigenvalue weighted by Crippen LogP contribution is 2.40. The third-order valence-electron chi connectivity index (χ3n) is 5.35. The maximum atomic E-state index is 5.71. The van der Waals surface area contributed by atoms with Gasteiger partial charge in [-0.05, 0) is 70.7 Å². The summed E-state index contributed by atoms with van der Waals surface area (Å²) in [6.07, 6.45) is 7.28. The van der Waals surface area contributed by atoms with Crippen LogP contribution in [0.1, 0.15) is 54.6 Å². The lowest BCUT2D eigenvalue weighted by Gasteiger charge is -2.32. The van der Waals surface area contributed by atoms with Gasteiger partial charge in [-0.2, -0.15) is 0 Å². The summed E-state index contributed by atoms with van der Waals surface area (Å²) in [6.45, 7) is 8.69. The number of nitrogens with zero attached hydrogens (tertiary/aromatic N) is 3. The van der Waals surface area contributed by atoms with Gasteiger partial charge in [0.1, 0.15) is 17.3 Å². The Bertz CT molecular complexity index is 660. The number of furan rings is 1. The number of rotatable bonds is 5. The zero-order valence-electron chi connectivity index (χ0n) is 14.3. The topological polar surface area (TPSA) is 34.2 Å². The SMILES string of the molecule is Cc1ccc(CN2CCC(Cn3c(C)cnc3C3CC3)CC2)o1. The van der Waals surface area contributed by atoms with Crippen LogP contribution in [0.5, 0.6) is 0 Å². The van der Waals surface area contributed by atoms with Crippen molar-refractivity contribution in [2.75, 3.05) is 13.1 Å². The van der Waals surface area contributed by atoms with E-state index in [9.17, 15) is 0 Å². The third-order valence-corrected chi connectivity index (χ3v) is 5.35. The largest absolute Gasteiger partial charge is 0.465 e. The predicted octanol–water partition coefficient (Wildman–Crippen LogP) is 3.88. The Morgan fingerprint density at radius 3 is 2.57 bits per heavy atom. The van der Waals surface area contributed by atoms with Gasteiger partial charge < -0.3 is 8.98 Å². The first-order chi connectivity index (χ1) is 11.2. The lowest BCUT2D eigenvalue weighted by Crippen LogP contribution is -2.34. The molecule has 0 atom stereocenters. The smallest absolute Gasteiger partial charge is 0.118 e. The molecule has 0 N–H and O–H groups in total. The molecule has 0 bridgehead atoms. The Morgan fingerprint density at radius 1 is 1.13 bits per heavy atom. The number of likely N-dealkylation sites (tertiary alicyclic amines) is 1. The van der Waals surface area contributed by atoms with Crippen LogP contribution in [0.3, 0.4) is 0 Å². The van der Waals surface area contributed by atoms with E-state index in [1.54, 1.807) is 0 Å². The Labute approximate surface area is 138 Å². The van der Waals surface area contributed by atoms with Crippen molar-refractivity contribution in [1.82, 2.24) is 14.5 Å². The minimum absolute atomic E-state index is 0.742. The van der Waals surface area contributed by atoms with E-state index >= 15 is 0 Å². The molecule has 4 heteroatoms. The quantitative estimate of drug-likeness (QED) is 0.840. The third kappa shape index (κ3) is 3.37. The van der Waals surface area contributed by atoms with Crippen LogP contribution in [-0.2, 0) is 13.1 Å². The second kappa shape index (κ2) is 6.16. The fraction of sp³-hybridized carbons (Fsp3) is 0.632. The van der Waals surface area contributed by atoms with Gasteiger partial charge in [-0.1, -0.05) is 0 Å². The van der Waals surface area contributed by atoms with Crippen LogP contribution in [0.15, 0.2) is 22.7 Å². The summed E-state index contributed by atoms with van der Waals surface area (Å²) in [7, 11) is 0. The second-order valence-electron chi connectivity index (χ2n) is 7.37. The molecule has 3 heterocycles. The number of hydrogen-bond donors (Lipinski definition) is 0. The molecule has 124 valence electrons. The van der Waals surface area contributed by atoms with Crippen LogP contribution >= 0.6 is 0 Å². The van der Waals surface area contributed by atoms with E-state index < -0.39 is 0 Å². The standard InChI is InChI=1S/C19H27N3O/c1-14-11-20-19(17-4-5-17)22(14)12-16-7-9-21(10-8-16)13-18-6-3-15(2)23-18/h3,6,11,16-17H,4-5,7-10,12-13H2,1-2H3. The Hall–Kier alpha value is -1.55. The molecule has 4 nitrogen and oxygen atoms in total. The van der Waals surface area contributed by atoms with Crippen molar-refractivity contribution in [1.29, 1.82) is 0 Å². The van der Waals surface area contributed by atoms with Crippen molar-refractivity contribution >= 4 is 0 Å². The van der Waals surface area contributed by atoms with Crippen LogP contribution in [0, 0.1) is 19.8 Å². The lowest BCUT2D eigenvalue weighted by molar-refractivity contribution is 0.156. The Morgan fingerprint density at radius 2 is 1.91 bits per heavy atom. The molecule has 2 aliphatic rings. The molecule has 1 aliphatic carbocycles. The molecule has 4 rings (SSSR count). The number of hydrogen-bond acceptors (Lipinski definition) is 3. The maximum absolute atomic E-state index is 5.71. The van der Waals surface area contributed by atoms with Crippen molar-refractivity contribution in [2.45, 2.75) is 58.5 Å². The Kier molecular flexibility index (Phi) is 4.02. The van der Waals surface area contributed by atoms with Crippen LogP contribution in [0.2, 0.25) is 0 Å². The predicted molar refractivity (Wildman–Crippen MR) is 90.4 cm³/mol. The second-order valence-corrected chi connectivity index (χ2v) is 7.37. The average molecular weight is 313 g/mol. The molecule has 1 saturated heterocycles. The zero-order chi connectivity index (χ0) is 15.8. The molecule has 2 fully saturated rings. The van der Waals surface area contributed by atoms with Crippen molar-refractivity contribution < 1.29 is 4.42 Å². The summed E-state index contributed by atoms with van der Waals surface area (Å²) >= 11 is 0. The van der Waals surface area contributed by atoms with Gasteiger partial charge >= 0.3 is 0 Å². The van der Waals surface area contributed by atoms with E-state index in [1.165, 1.54) is 50.3 Å². The molecular weight excluding hydrogens is 286 g/mol. The van der Waals surface area contributed by atoms with Crippen LogP contribution in [0.25, 0.3) is 0 Å². The highest BCUT2D eigenvalue weighted by Gasteiger charge is 2.30. The minimum Gasteiger partial charge on any atom is -0.465 e. The highest BCUT2D eigenvalue weighted by atomic mass is 16.3. The molecule has 0 radical (unpaired) electrons. The lowest BCUT2D eigenvalue weighted by atomic mass is 9.96. The van der Waals surface area contributed by atoms with Crippen LogP contribution in [0.4, 0.5) is 0 Å². The minimum atomic E-state index is 0.742. The normalized spacial score (nSPS) is 20.3. The first-order valence-electron chi connectivity index (χ1n) is 8.99. The van der Waals surface area contributed by atoms with Gasteiger partial charge in [-0.25, -0.2) is 4.98 Å². The summed E-state index contributed by atoms with van der Waals surface area (Å²) in [4.78, 5) is 7.18. The van der Waals surface area contributed by atoms with E-state index in [1.807, 2.05) is 6.92 Å². The number of imidazole rings is 1. The fourth-order valence-corrected chi connectivity index (χ4v) is 3.76. The van der Waals surface area contributed by atoms with Crippen molar-refractivity contribution in [3.05, 3.63) is 41.4 Å². The first kappa shape index (κ1) is 15.0. The van der Waals surface area contributed by atoms with Gasteiger partial charge in [0.15, 0.2) is 0 Å². The van der Waals surface area contributed by atoms with E-state index in [0.717, 1.165) is 36.4 Å². The molecule has 2 aromatic heterocycles. The van der Waals surface area contributed by atoms with Crippen molar-refractivity contribution in [3.8, 4) is 0 Å². The maximum Gasteiger partial charge on any atom is 0.118 e. The zero-order valence-corrected chi connectivity index (χ0v) is 14.3. The van der Waals surface area contributed by atoms with Gasteiger partial charge in [0.05, 0.1) is 6.54 Å². The van der Waals surface area contributed by atoms with Gasteiger partial charge in [-0.3, -0.25) is 4.90 Å². The fourth-order valence-electron chi connectivity index (χ4n) is 3.76. The molecule has 23 heavy (non-hydrogen) atoms. The highest BCUT2D eigenvalue weighted by molar-refractivity contribution is 5.13. The van der Waals surface area contributed by atoms with Crippen molar-refractivity contribution in [2.24, 2.45) is 5.92 Å². The molecular formula is C19H27N3O. The summed E-state index contributed by atoms with van der Waals surface area (Å²) in [5.41, 5.74) is 1.33. The Balaban J connectivity index is 1.32. The average Bonchev–Trinajstić information content (AvgIpc) is 3.21. The van der Waals surface area contributed by atoms with E-state index in [0.29, 0.717) is 0 Å². The van der Waals surface area contributed by atoms with Gasteiger partial charge in [0.25, 0.3) is 0 Å². The van der Waals surface area contributed by atoms with E-state index in [-0.39, 0.29) is 0 Å². The van der Waals surface area contributed by atoms with Gasteiger partial charge in [0.2, 0.25) is 0 Å². The molecule has 1 saturated carbocycles. The molecule has 0 spiro atoms. The molecule has 0 amide bonds. The summed E-state index contributed by atoms with van der Waals surface area (Å²) in [5.74, 6) is 4.98. The van der Waals surface area contributed by atoms with Crippen LogP contribution in [-0.4, -0.2) is 27.5 Å². The van der Waals surface area contributed by atoms with Crippen molar-refractivity contribution in [3.63, 3.8) is 0 Å². The molecule has 1 aliphatic heterocycles. The van der Waals surface area contributed by atoms with Crippen LogP contribution < -0.4 is 0 Å². The summed E-state index contributed by atoms with van der Waals surface area (Å²) in [5, 5.41) is 0. The molecule has 0 aromatic carbocycles. The monoisotopic (exact) mass is 313 g/mol. The van der Waals surface area contributed by atoms with E-state index in [2.05, 4.69) is 39.7 Å². The van der Waals surface area contributed by atoms with E-state index in [4.69, 9.17) is 4.42 Å².